The fourth-order valence-electron chi connectivity index (χ4n) is 2.48. The Morgan fingerprint density at radius 3 is 2.21 bits per heavy atom. The highest BCUT2D eigenvalue weighted by molar-refractivity contribution is 6.27. The number of rotatable bonds is 1. The summed E-state index contributed by atoms with van der Waals surface area (Å²) < 4.78 is 0. The van der Waals surface area contributed by atoms with E-state index in [0.717, 1.165) is 11.1 Å². The molecule has 94 valence electrons. The molecular formula is C15H12N2O2. The molecule has 4 heteroatoms. The molecule has 0 aliphatic heterocycles. The summed E-state index contributed by atoms with van der Waals surface area (Å²) in [6, 6.07) is 3.52. The van der Waals surface area contributed by atoms with Gasteiger partial charge in [-0.2, -0.15) is 0 Å². The van der Waals surface area contributed by atoms with Crippen molar-refractivity contribution in [1.82, 2.24) is 9.97 Å². The van der Waals surface area contributed by atoms with Crippen LogP contribution in [0.5, 0.6) is 0 Å². The van der Waals surface area contributed by atoms with Crippen molar-refractivity contribution in [1.29, 1.82) is 0 Å². The number of hydrogen-bond acceptors (Lipinski definition) is 4. The number of carbonyl (C=O) groups is 2. The van der Waals surface area contributed by atoms with E-state index in [2.05, 4.69) is 9.97 Å². The maximum Gasteiger partial charge on any atom is 0.214 e. The Morgan fingerprint density at radius 1 is 0.947 bits per heavy atom. The molecule has 0 saturated heterocycles. The predicted molar refractivity (Wildman–Crippen MR) is 69.5 cm³/mol. The SMILES string of the molecule is CCc1ccnc2c1C(=O)c1nccc(C)c1C2=O. The molecule has 0 atom stereocenters. The largest absolute Gasteiger partial charge is 0.287 e. The summed E-state index contributed by atoms with van der Waals surface area (Å²) in [5, 5.41) is 0. The number of aromatic nitrogens is 2. The Kier molecular flexibility index (Phi) is 2.52. The molecule has 0 fully saturated rings. The first-order valence-electron chi connectivity index (χ1n) is 6.18. The maximum atomic E-state index is 12.5. The lowest BCUT2D eigenvalue weighted by molar-refractivity contribution is 0.0970. The second-order valence-electron chi connectivity index (χ2n) is 4.56. The van der Waals surface area contributed by atoms with E-state index in [1.807, 2.05) is 6.92 Å². The minimum Gasteiger partial charge on any atom is -0.287 e. The van der Waals surface area contributed by atoms with Crippen LogP contribution in [-0.2, 0) is 6.42 Å². The topological polar surface area (TPSA) is 59.9 Å². The van der Waals surface area contributed by atoms with Crippen LogP contribution in [0.1, 0.15) is 50.2 Å². The molecule has 2 aromatic heterocycles. The minimum atomic E-state index is -0.203. The van der Waals surface area contributed by atoms with Crippen molar-refractivity contribution >= 4 is 11.6 Å². The van der Waals surface area contributed by atoms with Gasteiger partial charge in [0.05, 0.1) is 11.1 Å². The van der Waals surface area contributed by atoms with Crippen LogP contribution in [0.3, 0.4) is 0 Å². The monoisotopic (exact) mass is 252 g/mol. The Hall–Kier alpha value is -2.36. The molecular weight excluding hydrogens is 240 g/mol. The molecule has 19 heavy (non-hydrogen) atoms. The van der Waals surface area contributed by atoms with Crippen LogP contribution in [0.2, 0.25) is 0 Å². The molecule has 0 radical (unpaired) electrons. The second-order valence-corrected chi connectivity index (χ2v) is 4.56. The normalized spacial score (nSPS) is 13.2. The van der Waals surface area contributed by atoms with Gasteiger partial charge >= 0.3 is 0 Å². The first kappa shape index (κ1) is 11.7. The van der Waals surface area contributed by atoms with E-state index in [0.29, 0.717) is 17.5 Å². The molecule has 0 aromatic carbocycles. The van der Waals surface area contributed by atoms with E-state index in [1.54, 1.807) is 31.5 Å². The van der Waals surface area contributed by atoms with Gasteiger partial charge in [0, 0.05) is 12.4 Å². The zero-order valence-corrected chi connectivity index (χ0v) is 10.7. The fourth-order valence-corrected chi connectivity index (χ4v) is 2.48. The molecule has 0 bridgehead atoms. The molecule has 0 N–H and O–H groups in total. The molecule has 1 aliphatic carbocycles. The zero-order chi connectivity index (χ0) is 13.6. The number of aryl methyl sites for hydroxylation is 2. The molecule has 0 spiro atoms. The first-order valence-corrected chi connectivity index (χ1v) is 6.18. The molecule has 0 saturated carbocycles. The Labute approximate surface area is 110 Å². The van der Waals surface area contributed by atoms with Gasteiger partial charge in [-0.3, -0.25) is 19.6 Å². The van der Waals surface area contributed by atoms with Crippen molar-refractivity contribution in [2.75, 3.05) is 0 Å². The standard InChI is InChI=1S/C15H12N2O2/c1-3-9-5-7-17-13-11(9)15(19)12-10(14(13)18)8(2)4-6-16-12/h4-7H,3H2,1-2H3. The number of ketones is 2. The summed E-state index contributed by atoms with van der Waals surface area (Å²) in [4.78, 5) is 33.2. The van der Waals surface area contributed by atoms with Crippen LogP contribution in [-0.4, -0.2) is 21.5 Å². The van der Waals surface area contributed by atoms with Crippen molar-refractivity contribution in [3.63, 3.8) is 0 Å². The molecule has 0 unspecified atom stereocenters. The smallest absolute Gasteiger partial charge is 0.214 e. The number of nitrogens with zero attached hydrogens (tertiary/aromatic N) is 2. The first-order chi connectivity index (χ1) is 9.15. The maximum absolute atomic E-state index is 12.5. The van der Waals surface area contributed by atoms with Gasteiger partial charge in [-0.05, 0) is 36.6 Å². The summed E-state index contributed by atoms with van der Waals surface area (Å²) >= 11 is 0. The van der Waals surface area contributed by atoms with Gasteiger partial charge in [0.1, 0.15) is 11.4 Å². The second kappa shape index (κ2) is 4.09. The Morgan fingerprint density at radius 2 is 1.53 bits per heavy atom. The van der Waals surface area contributed by atoms with E-state index in [9.17, 15) is 9.59 Å². The van der Waals surface area contributed by atoms with Crippen molar-refractivity contribution < 1.29 is 9.59 Å². The number of carbonyl (C=O) groups excluding carboxylic acids is 2. The molecule has 2 aromatic rings. The summed E-state index contributed by atoms with van der Waals surface area (Å²) in [5.74, 6) is -0.399. The summed E-state index contributed by atoms with van der Waals surface area (Å²) in [7, 11) is 0. The zero-order valence-electron chi connectivity index (χ0n) is 10.7. The van der Waals surface area contributed by atoms with Crippen molar-refractivity contribution in [3.05, 3.63) is 58.2 Å². The summed E-state index contributed by atoms with van der Waals surface area (Å²) in [6.07, 6.45) is 3.83. The van der Waals surface area contributed by atoms with Crippen molar-refractivity contribution in [2.45, 2.75) is 20.3 Å². The number of fused-ring (bicyclic) bond motifs is 2. The van der Waals surface area contributed by atoms with E-state index >= 15 is 0 Å². The summed E-state index contributed by atoms with van der Waals surface area (Å²) in [5.41, 5.74) is 2.92. The van der Waals surface area contributed by atoms with Gasteiger partial charge in [0.15, 0.2) is 0 Å². The average Bonchev–Trinajstić information content (AvgIpc) is 2.43. The third-order valence-electron chi connectivity index (χ3n) is 3.46. The molecule has 2 heterocycles. The molecule has 3 rings (SSSR count). The lowest BCUT2D eigenvalue weighted by Gasteiger charge is -2.19. The molecule has 0 amide bonds. The third kappa shape index (κ3) is 1.53. The Bertz CT molecular complexity index is 720. The summed E-state index contributed by atoms with van der Waals surface area (Å²) in [6.45, 7) is 3.76. The van der Waals surface area contributed by atoms with Gasteiger partial charge in [-0.15, -0.1) is 0 Å². The van der Waals surface area contributed by atoms with Crippen LogP contribution in [0.4, 0.5) is 0 Å². The van der Waals surface area contributed by atoms with E-state index < -0.39 is 0 Å². The lowest BCUT2D eigenvalue weighted by Crippen LogP contribution is -2.26. The third-order valence-corrected chi connectivity index (χ3v) is 3.46. The van der Waals surface area contributed by atoms with Gasteiger partial charge in [0.2, 0.25) is 11.6 Å². The van der Waals surface area contributed by atoms with Gasteiger partial charge in [0.25, 0.3) is 0 Å². The van der Waals surface area contributed by atoms with Gasteiger partial charge < -0.3 is 0 Å². The quantitative estimate of drug-likeness (QED) is 0.665. The van der Waals surface area contributed by atoms with Crippen LogP contribution in [0.25, 0.3) is 0 Å². The van der Waals surface area contributed by atoms with Crippen LogP contribution in [0.15, 0.2) is 24.5 Å². The van der Waals surface area contributed by atoms with E-state index in [-0.39, 0.29) is 23.0 Å². The lowest BCUT2D eigenvalue weighted by atomic mass is 9.85. The number of hydrogen-bond donors (Lipinski definition) is 0. The van der Waals surface area contributed by atoms with E-state index in [4.69, 9.17) is 0 Å². The van der Waals surface area contributed by atoms with Crippen LogP contribution >= 0.6 is 0 Å². The van der Waals surface area contributed by atoms with E-state index in [1.165, 1.54) is 0 Å². The highest BCUT2D eigenvalue weighted by Crippen LogP contribution is 2.28. The fraction of sp³-hybridized carbons (Fsp3) is 0.200. The van der Waals surface area contributed by atoms with Gasteiger partial charge in [-0.1, -0.05) is 6.92 Å². The average molecular weight is 252 g/mol. The Balaban J connectivity index is 2.36. The van der Waals surface area contributed by atoms with Crippen molar-refractivity contribution in [3.8, 4) is 0 Å². The predicted octanol–water partition coefficient (Wildman–Crippen LogP) is 2.12. The van der Waals surface area contributed by atoms with Crippen LogP contribution in [0, 0.1) is 6.92 Å². The highest BCUT2D eigenvalue weighted by atomic mass is 16.1. The van der Waals surface area contributed by atoms with Crippen LogP contribution < -0.4 is 0 Å². The molecule has 1 aliphatic rings. The van der Waals surface area contributed by atoms with Gasteiger partial charge in [-0.25, -0.2) is 0 Å². The highest BCUT2D eigenvalue weighted by Gasteiger charge is 2.34. The van der Waals surface area contributed by atoms with Crippen molar-refractivity contribution in [2.24, 2.45) is 0 Å². The number of pyridine rings is 2. The minimum absolute atomic E-state index is 0.196. The molecule has 4 nitrogen and oxygen atoms in total.